The van der Waals surface area contributed by atoms with Crippen LogP contribution in [0.5, 0.6) is 0 Å². The van der Waals surface area contributed by atoms with E-state index in [4.69, 9.17) is 0 Å². The number of hydrogen-bond donors (Lipinski definition) is 0. The average molecular weight is 256 g/mol. The third-order valence-electron chi connectivity index (χ3n) is 3.49. The number of nitrogens with zero attached hydrogens (tertiary/aromatic N) is 2. The first-order valence-corrected chi connectivity index (χ1v) is 6.74. The fourth-order valence-corrected chi connectivity index (χ4v) is 2.48. The first-order chi connectivity index (χ1) is 9.08. The van der Waals surface area contributed by atoms with Gasteiger partial charge in [0.25, 0.3) is 0 Å². The van der Waals surface area contributed by atoms with E-state index >= 15 is 0 Å². The molecule has 1 aromatic heterocycles. The Kier molecular flexibility index (Phi) is 3.84. The Bertz CT molecular complexity index is 594. The summed E-state index contributed by atoms with van der Waals surface area (Å²) < 4.78 is 1.97. The molecule has 1 heterocycles. The molecule has 0 unspecified atom stereocenters. The van der Waals surface area contributed by atoms with Gasteiger partial charge in [0.05, 0.1) is 5.69 Å². The Balaban J connectivity index is 2.54. The van der Waals surface area contributed by atoms with E-state index in [1.807, 2.05) is 36.0 Å². The standard InChI is InChI=1S/C16H20N2O/c1-5-14-16(15(6-2)18(4)17-14)13-9-7-12(8-10-13)11(3)19/h7-10H,5-6H2,1-4H3. The molecule has 0 aliphatic carbocycles. The normalized spacial score (nSPS) is 10.7. The van der Waals surface area contributed by atoms with Crippen molar-refractivity contribution >= 4 is 5.78 Å². The number of aromatic nitrogens is 2. The first-order valence-electron chi connectivity index (χ1n) is 6.74. The summed E-state index contributed by atoms with van der Waals surface area (Å²) in [5, 5.41) is 4.58. The maximum Gasteiger partial charge on any atom is 0.159 e. The van der Waals surface area contributed by atoms with Crippen LogP contribution in [0.4, 0.5) is 0 Å². The molecule has 0 amide bonds. The molecule has 0 saturated carbocycles. The van der Waals surface area contributed by atoms with Gasteiger partial charge in [0.15, 0.2) is 5.78 Å². The van der Waals surface area contributed by atoms with Crippen molar-refractivity contribution in [1.29, 1.82) is 0 Å². The molecule has 0 fully saturated rings. The van der Waals surface area contributed by atoms with Gasteiger partial charge in [-0.2, -0.15) is 5.10 Å². The third-order valence-corrected chi connectivity index (χ3v) is 3.49. The van der Waals surface area contributed by atoms with Crippen LogP contribution in [0.15, 0.2) is 24.3 Å². The van der Waals surface area contributed by atoms with Gasteiger partial charge in [-0.1, -0.05) is 38.1 Å². The van der Waals surface area contributed by atoms with E-state index in [0.717, 1.165) is 29.7 Å². The summed E-state index contributed by atoms with van der Waals surface area (Å²) in [6.07, 6.45) is 1.87. The number of carbonyl (C=O) groups is 1. The van der Waals surface area contributed by atoms with Crippen LogP contribution in [-0.4, -0.2) is 15.6 Å². The van der Waals surface area contributed by atoms with E-state index in [1.54, 1.807) is 6.92 Å². The van der Waals surface area contributed by atoms with Crippen molar-refractivity contribution in [3.8, 4) is 11.1 Å². The van der Waals surface area contributed by atoms with E-state index in [1.165, 1.54) is 11.3 Å². The van der Waals surface area contributed by atoms with Crippen molar-refractivity contribution in [3.63, 3.8) is 0 Å². The maximum atomic E-state index is 11.3. The predicted molar refractivity (Wildman–Crippen MR) is 77.4 cm³/mol. The molecular formula is C16H20N2O. The Morgan fingerprint density at radius 3 is 2.26 bits per heavy atom. The molecule has 100 valence electrons. The van der Waals surface area contributed by atoms with Gasteiger partial charge in [-0.15, -0.1) is 0 Å². The van der Waals surface area contributed by atoms with Crippen molar-refractivity contribution in [2.24, 2.45) is 7.05 Å². The molecule has 3 heteroatoms. The quantitative estimate of drug-likeness (QED) is 0.786. The van der Waals surface area contributed by atoms with E-state index < -0.39 is 0 Å². The van der Waals surface area contributed by atoms with Crippen molar-refractivity contribution in [1.82, 2.24) is 9.78 Å². The largest absolute Gasteiger partial charge is 0.295 e. The highest BCUT2D eigenvalue weighted by Crippen LogP contribution is 2.28. The number of carbonyl (C=O) groups excluding carboxylic acids is 1. The minimum absolute atomic E-state index is 0.101. The Morgan fingerprint density at radius 2 is 1.79 bits per heavy atom. The summed E-state index contributed by atoms with van der Waals surface area (Å²) in [5.74, 6) is 0.101. The average Bonchev–Trinajstić information content (AvgIpc) is 2.74. The number of ketones is 1. The second-order valence-electron chi connectivity index (χ2n) is 4.73. The van der Waals surface area contributed by atoms with E-state index in [2.05, 4.69) is 18.9 Å². The lowest BCUT2D eigenvalue weighted by atomic mass is 9.99. The maximum absolute atomic E-state index is 11.3. The molecule has 3 nitrogen and oxygen atoms in total. The van der Waals surface area contributed by atoms with E-state index in [-0.39, 0.29) is 5.78 Å². The lowest BCUT2D eigenvalue weighted by Crippen LogP contribution is -1.97. The zero-order valence-electron chi connectivity index (χ0n) is 12.0. The smallest absolute Gasteiger partial charge is 0.159 e. The number of rotatable bonds is 4. The molecule has 0 aliphatic rings. The molecule has 2 rings (SSSR count). The molecule has 0 spiro atoms. The number of Topliss-reactive ketones (excluding diaryl/α,β-unsaturated/α-hetero) is 1. The number of benzene rings is 1. The zero-order chi connectivity index (χ0) is 14.0. The van der Waals surface area contributed by atoms with Crippen LogP contribution in [-0.2, 0) is 19.9 Å². The molecule has 0 radical (unpaired) electrons. The zero-order valence-corrected chi connectivity index (χ0v) is 12.0. The van der Waals surface area contributed by atoms with Crippen molar-refractivity contribution < 1.29 is 4.79 Å². The Labute approximate surface area is 114 Å². The molecule has 0 atom stereocenters. The van der Waals surface area contributed by atoms with E-state index in [0.29, 0.717) is 0 Å². The highest BCUT2D eigenvalue weighted by atomic mass is 16.1. The predicted octanol–water partition coefficient (Wildman–Crippen LogP) is 3.41. The minimum atomic E-state index is 0.101. The van der Waals surface area contributed by atoms with Crippen LogP contribution >= 0.6 is 0 Å². The second kappa shape index (κ2) is 5.39. The number of aryl methyl sites for hydroxylation is 2. The lowest BCUT2D eigenvalue weighted by molar-refractivity contribution is 0.101. The number of hydrogen-bond acceptors (Lipinski definition) is 2. The Morgan fingerprint density at radius 1 is 1.16 bits per heavy atom. The van der Waals surface area contributed by atoms with Crippen molar-refractivity contribution in [2.45, 2.75) is 33.6 Å². The van der Waals surface area contributed by atoms with Gasteiger partial charge in [0, 0.05) is 23.9 Å². The van der Waals surface area contributed by atoms with Gasteiger partial charge in [-0.3, -0.25) is 9.48 Å². The third kappa shape index (κ3) is 2.46. The highest BCUT2D eigenvalue weighted by molar-refractivity contribution is 5.94. The summed E-state index contributed by atoms with van der Waals surface area (Å²) in [5.41, 5.74) is 5.49. The van der Waals surface area contributed by atoms with Gasteiger partial charge < -0.3 is 0 Å². The molecule has 0 bridgehead atoms. The first kappa shape index (κ1) is 13.5. The van der Waals surface area contributed by atoms with Crippen LogP contribution in [0.1, 0.15) is 42.5 Å². The van der Waals surface area contributed by atoms with Crippen LogP contribution in [0.25, 0.3) is 11.1 Å². The van der Waals surface area contributed by atoms with Crippen LogP contribution in [0.3, 0.4) is 0 Å². The molecule has 0 aliphatic heterocycles. The SMILES string of the molecule is CCc1nn(C)c(CC)c1-c1ccc(C(C)=O)cc1. The summed E-state index contributed by atoms with van der Waals surface area (Å²) in [6.45, 7) is 5.85. The van der Waals surface area contributed by atoms with Crippen LogP contribution < -0.4 is 0 Å². The minimum Gasteiger partial charge on any atom is -0.295 e. The monoisotopic (exact) mass is 256 g/mol. The molecule has 2 aromatic rings. The summed E-state index contributed by atoms with van der Waals surface area (Å²) in [4.78, 5) is 11.3. The van der Waals surface area contributed by atoms with Gasteiger partial charge in [0.1, 0.15) is 0 Å². The van der Waals surface area contributed by atoms with Gasteiger partial charge >= 0.3 is 0 Å². The van der Waals surface area contributed by atoms with E-state index in [9.17, 15) is 4.79 Å². The van der Waals surface area contributed by atoms with Gasteiger partial charge in [-0.05, 0) is 25.3 Å². The fraction of sp³-hybridized carbons (Fsp3) is 0.375. The molecule has 0 N–H and O–H groups in total. The van der Waals surface area contributed by atoms with Crippen LogP contribution in [0.2, 0.25) is 0 Å². The highest BCUT2D eigenvalue weighted by Gasteiger charge is 2.15. The second-order valence-corrected chi connectivity index (χ2v) is 4.73. The molecular weight excluding hydrogens is 236 g/mol. The van der Waals surface area contributed by atoms with Crippen molar-refractivity contribution in [2.75, 3.05) is 0 Å². The molecule has 19 heavy (non-hydrogen) atoms. The van der Waals surface area contributed by atoms with Gasteiger partial charge in [0.2, 0.25) is 0 Å². The molecule has 0 saturated heterocycles. The summed E-state index contributed by atoms with van der Waals surface area (Å²) in [7, 11) is 1.99. The lowest BCUT2D eigenvalue weighted by Gasteiger charge is -2.06. The summed E-state index contributed by atoms with van der Waals surface area (Å²) >= 11 is 0. The molecule has 1 aromatic carbocycles. The van der Waals surface area contributed by atoms with Crippen LogP contribution in [0, 0.1) is 0 Å². The topological polar surface area (TPSA) is 34.9 Å². The summed E-state index contributed by atoms with van der Waals surface area (Å²) in [6, 6.07) is 7.82. The Hall–Kier alpha value is -1.90. The van der Waals surface area contributed by atoms with Gasteiger partial charge in [-0.25, -0.2) is 0 Å². The van der Waals surface area contributed by atoms with Crippen molar-refractivity contribution in [3.05, 3.63) is 41.2 Å². The fourth-order valence-electron chi connectivity index (χ4n) is 2.48.